The third-order valence-corrected chi connectivity index (χ3v) is 2.88. The van der Waals surface area contributed by atoms with E-state index in [1.165, 1.54) is 11.9 Å². The fourth-order valence-corrected chi connectivity index (χ4v) is 1.54. The van der Waals surface area contributed by atoms with Gasteiger partial charge in [0.1, 0.15) is 12.6 Å². The summed E-state index contributed by atoms with van der Waals surface area (Å²) in [5.74, 6) is -1.54. The Hall–Kier alpha value is -1.79. The molecule has 1 atom stereocenters. The molecule has 1 aliphatic carbocycles. The predicted octanol–water partition coefficient (Wildman–Crippen LogP) is 0.0156. The van der Waals surface area contributed by atoms with Crippen molar-refractivity contribution in [2.24, 2.45) is 5.92 Å². The monoisotopic (exact) mass is 271 g/mol. The number of hydrogen-bond acceptors (Lipinski definition) is 3. The van der Waals surface area contributed by atoms with Gasteiger partial charge in [-0.25, -0.2) is 9.59 Å². The average Bonchev–Trinajstić information content (AvgIpc) is 3.07. The molecule has 0 bridgehead atoms. The van der Waals surface area contributed by atoms with Gasteiger partial charge in [0.15, 0.2) is 0 Å². The minimum Gasteiger partial charge on any atom is -0.480 e. The number of nitrogens with one attached hydrogen (secondary N) is 2. The molecule has 19 heavy (non-hydrogen) atoms. The normalized spacial score (nSPS) is 15.8. The first-order chi connectivity index (χ1) is 8.81. The van der Waals surface area contributed by atoms with Crippen molar-refractivity contribution in [3.63, 3.8) is 0 Å². The summed E-state index contributed by atoms with van der Waals surface area (Å²) in [5, 5.41) is 14.1. The topological polar surface area (TPSA) is 98.7 Å². The van der Waals surface area contributed by atoms with E-state index in [9.17, 15) is 14.4 Å². The molecule has 0 saturated heterocycles. The smallest absolute Gasteiger partial charge is 0.326 e. The molecule has 0 heterocycles. The quantitative estimate of drug-likeness (QED) is 0.634. The number of carbonyl (C=O) groups is 3. The van der Waals surface area contributed by atoms with E-state index in [1.54, 1.807) is 13.8 Å². The maximum atomic E-state index is 11.8. The molecule has 0 radical (unpaired) electrons. The van der Waals surface area contributed by atoms with E-state index >= 15 is 0 Å². The number of rotatable bonds is 6. The molecule has 0 aromatic heterocycles. The van der Waals surface area contributed by atoms with Crippen LogP contribution < -0.4 is 10.6 Å². The Kier molecular flexibility index (Phi) is 5.14. The van der Waals surface area contributed by atoms with E-state index < -0.39 is 18.0 Å². The molecule has 1 aliphatic rings. The van der Waals surface area contributed by atoms with E-state index in [0.29, 0.717) is 0 Å². The Morgan fingerprint density at radius 3 is 2.32 bits per heavy atom. The van der Waals surface area contributed by atoms with Crippen LogP contribution in [0.1, 0.15) is 26.7 Å². The second kappa shape index (κ2) is 6.40. The highest BCUT2D eigenvalue weighted by molar-refractivity contribution is 5.86. The van der Waals surface area contributed by atoms with Crippen LogP contribution in [0.3, 0.4) is 0 Å². The summed E-state index contributed by atoms with van der Waals surface area (Å²) in [7, 11) is 1.46. The largest absolute Gasteiger partial charge is 0.480 e. The van der Waals surface area contributed by atoms with Crippen molar-refractivity contribution in [3.05, 3.63) is 0 Å². The van der Waals surface area contributed by atoms with Crippen molar-refractivity contribution in [1.82, 2.24) is 15.5 Å². The van der Waals surface area contributed by atoms with Gasteiger partial charge in [-0.2, -0.15) is 0 Å². The number of nitrogens with zero attached hydrogens (tertiary/aromatic N) is 1. The van der Waals surface area contributed by atoms with Crippen LogP contribution in [-0.2, 0) is 9.59 Å². The molecule has 3 N–H and O–H groups in total. The van der Waals surface area contributed by atoms with Gasteiger partial charge >= 0.3 is 12.0 Å². The molecule has 1 rings (SSSR count). The zero-order valence-electron chi connectivity index (χ0n) is 11.5. The van der Waals surface area contributed by atoms with Gasteiger partial charge < -0.3 is 20.6 Å². The minimum atomic E-state index is -1.08. The lowest BCUT2D eigenvalue weighted by molar-refractivity contribution is -0.140. The number of aliphatic carboxylic acids is 1. The van der Waals surface area contributed by atoms with E-state index in [1.807, 2.05) is 0 Å². The van der Waals surface area contributed by atoms with Crippen LogP contribution in [0.15, 0.2) is 0 Å². The zero-order chi connectivity index (χ0) is 14.6. The molecule has 0 aliphatic heterocycles. The first-order valence-electron chi connectivity index (χ1n) is 6.35. The first kappa shape index (κ1) is 15.3. The van der Waals surface area contributed by atoms with Crippen LogP contribution in [0.4, 0.5) is 4.79 Å². The number of carbonyl (C=O) groups excluding carboxylic acids is 2. The van der Waals surface area contributed by atoms with Crippen molar-refractivity contribution < 1.29 is 19.5 Å². The standard InChI is InChI=1S/C12H21N3O4/c1-7(2)10(11(17)18)14-12(19)15(3)6-9(16)13-8-4-5-8/h7-8,10H,4-6H2,1-3H3,(H,13,16)(H,14,19)(H,17,18)/t10-/m1/s1. The summed E-state index contributed by atoms with van der Waals surface area (Å²) in [6, 6.07) is -1.28. The van der Waals surface area contributed by atoms with Crippen molar-refractivity contribution >= 4 is 17.9 Å². The number of urea groups is 1. The summed E-state index contributed by atoms with van der Waals surface area (Å²) in [6.07, 6.45) is 1.96. The summed E-state index contributed by atoms with van der Waals surface area (Å²) in [4.78, 5) is 35.4. The highest BCUT2D eigenvalue weighted by atomic mass is 16.4. The number of carboxylic acid groups (broad SMARTS) is 1. The Balaban J connectivity index is 2.41. The maximum Gasteiger partial charge on any atom is 0.326 e. The minimum absolute atomic E-state index is 0.0766. The second-order valence-corrected chi connectivity index (χ2v) is 5.21. The van der Waals surface area contributed by atoms with Crippen LogP contribution >= 0.6 is 0 Å². The molecular formula is C12H21N3O4. The molecule has 7 heteroatoms. The SMILES string of the molecule is CC(C)[C@@H](NC(=O)N(C)CC(=O)NC1CC1)C(=O)O. The van der Waals surface area contributed by atoms with Crippen molar-refractivity contribution in [2.45, 2.75) is 38.8 Å². The lowest BCUT2D eigenvalue weighted by Gasteiger charge is -2.23. The lowest BCUT2D eigenvalue weighted by Crippen LogP contribution is -2.51. The van der Waals surface area contributed by atoms with Crippen molar-refractivity contribution in [2.75, 3.05) is 13.6 Å². The Labute approximate surface area is 112 Å². The molecule has 0 aromatic rings. The zero-order valence-corrected chi connectivity index (χ0v) is 11.5. The van der Waals surface area contributed by atoms with Gasteiger partial charge in [-0.15, -0.1) is 0 Å². The van der Waals surface area contributed by atoms with E-state index in [2.05, 4.69) is 10.6 Å². The fourth-order valence-electron chi connectivity index (χ4n) is 1.54. The molecule has 0 unspecified atom stereocenters. The number of amides is 3. The Morgan fingerprint density at radius 1 is 1.32 bits per heavy atom. The van der Waals surface area contributed by atoms with Gasteiger partial charge in [0.05, 0.1) is 0 Å². The molecule has 1 fully saturated rings. The summed E-state index contributed by atoms with van der Waals surface area (Å²) in [6.45, 7) is 3.34. The van der Waals surface area contributed by atoms with Crippen LogP contribution in [-0.4, -0.2) is 53.6 Å². The van der Waals surface area contributed by atoms with E-state index in [4.69, 9.17) is 5.11 Å². The summed E-state index contributed by atoms with van der Waals surface area (Å²) >= 11 is 0. The van der Waals surface area contributed by atoms with Crippen LogP contribution in [0.5, 0.6) is 0 Å². The van der Waals surface area contributed by atoms with Gasteiger partial charge in [-0.3, -0.25) is 4.79 Å². The van der Waals surface area contributed by atoms with Crippen molar-refractivity contribution in [1.29, 1.82) is 0 Å². The predicted molar refractivity (Wildman–Crippen MR) is 68.6 cm³/mol. The second-order valence-electron chi connectivity index (χ2n) is 5.21. The molecule has 108 valence electrons. The molecule has 0 spiro atoms. The molecule has 3 amide bonds. The molecular weight excluding hydrogens is 250 g/mol. The molecule has 7 nitrogen and oxygen atoms in total. The van der Waals surface area contributed by atoms with Gasteiger partial charge in [0.2, 0.25) is 5.91 Å². The van der Waals surface area contributed by atoms with Crippen molar-refractivity contribution in [3.8, 4) is 0 Å². The Bertz CT molecular complexity index is 366. The number of likely N-dealkylation sites (N-methyl/N-ethyl adjacent to an activating group) is 1. The molecule has 1 saturated carbocycles. The van der Waals surface area contributed by atoms with E-state index in [-0.39, 0.29) is 24.4 Å². The third kappa shape index (κ3) is 5.15. The fraction of sp³-hybridized carbons (Fsp3) is 0.750. The maximum absolute atomic E-state index is 11.8. The highest BCUT2D eigenvalue weighted by Crippen LogP contribution is 2.18. The van der Waals surface area contributed by atoms with Crippen LogP contribution in [0.2, 0.25) is 0 Å². The van der Waals surface area contributed by atoms with Gasteiger partial charge in [-0.1, -0.05) is 13.8 Å². The third-order valence-electron chi connectivity index (χ3n) is 2.88. The number of carboxylic acids is 1. The van der Waals surface area contributed by atoms with Gasteiger partial charge in [0, 0.05) is 13.1 Å². The van der Waals surface area contributed by atoms with Gasteiger partial charge in [0.25, 0.3) is 0 Å². The highest BCUT2D eigenvalue weighted by Gasteiger charge is 2.27. The average molecular weight is 271 g/mol. The first-order valence-corrected chi connectivity index (χ1v) is 6.35. The lowest BCUT2D eigenvalue weighted by atomic mass is 10.1. The van der Waals surface area contributed by atoms with E-state index in [0.717, 1.165) is 12.8 Å². The van der Waals surface area contributed by atoms with Crippen LogP contribution in [0, 0.1) is 5.92 Å². The van der Waals surface area contributed by atoms with Gasteiger partial charge in [-0.05, 0) is 18.8 Å². The summed E-state index contributed by atoms with van der Waals surface area (Å²) < 4.78 is 0. The van der Waals surface area contributed by atoms with Crippen LogP contribution in [0.25, 0.3) is 0 Å². The Morgan fingerprint density at radius 2 is 1.89 bits per heavy atom. The number of hydrogen-bond donors (Lipinski definition) is 3. The summed E-state index contributed by atoms with van der Waals surface area (Å²) in [5.41, 5.74) is 0. The molecule has 0 aromatic carbocycles.